The molecule has 2 N–H and O–H groups in total. The number of aromatic nitrogens is 1. The smallest absolute Gasteiger partial charge is 0.407 e. The molecule has 198 valence electrons. The molecule has 1 heterocycles. The van der Waals surface area contributed by atoms with Crippen molar-refractivity contribution in [2.45, 2.75) is 57.6 Å². The van der Waals surface area contributed by atoms with E-state index in [1.165, 1.54) is 12.3 Å². The number of hydrogen-bond acceptors (Lipinski definition) is 6. The highest BCUT2D eigenvalue weighted by Gasteiger charge is 2.30. The van der Waals surface area contributed by atoms with Crippen LogP contribution in [0.1, 0.15) is 66.7 Å². The maximum absolute atomic E-state index is 12.6. The van der Waals surface area contributed by atoms with Gasteiger partial charge in [0.2, 0.25) is 0 Å². The molecule has 1 aromatic heterocycles. The van der Waals surface area contributed by atoms with E-state index in [0.717, 1.165) is 22.3 Å². The first-order valence-corrected chi connectivity index (χ1v) is 12.8. The van der Waals surface area contributed by atoms with Crippen molar-refractivity contribution in [1.29, 1.82) is 0 Å². The number of aliphatic carboxylic acids is 1. The standard InChI is InChI=1S/C30H32N2O6/c1-4-30(3,5-2)38-28(35)25-15-14-19(17-31-25)16-26(27(33)34)32-29(36)37-18-24-22-12-8-6-10-20(22)21-11-7-9-13-23(21)24/h6-15,17,24,26H,4-5,16,18H2,1-3H3,(H,32,36)(H,33,34)/t26-/m0/s1. The summed E-state index contributed by atoms with van der Waals surface area (Å²) in [6.45, 7) is 5.84. The lowest BCUT2D eigenvalue weighted by molar-refractivity contribution is -0.139. The Bertz CT molecular complexity index is 1270. The summed E-state index contributed by atoms with van der Waals surface area (Å²) in [5.74, 6) is -1.87. The van der Waals surface area contributed by atoms with Gasteiger partial charge in [0.25, 0.3) is 0 Å². The van der Waals surface area contributed by atoms with Crippen LogP contribution in [0.2, 0.25) is 0 Å². The number of carbonyl (C=O) groups is 3. The fraction of sp³-hybridized carbons (Fsp3) is 0.333. The van der Waals surface area contributed by atoms with E-state index in [2.05, 4.69) is 10.3 Å². The van der Waals surface area contributed by atoms with Crippen LogP contribution in [0.3, 0.4) is 0 Å². The Morgan fingerprint density at radius 3 is 2.11 bits per heavy atom. The number of ether oxygens (including phenoxy) is 2. The van der Waals surface area contributed by atoms with Crippen molar-refractivity contribution in [2.24, 2.45) is 0 Å². The second kappa shape index (κ2) is 11.5. The molecule has 1 aliphatic carbocycles. The van der Waals surface area contributed by atoms with Gasteiger partial charge in [0.15, 0.2) is 0 Å². The van der Waals surface area contributed by atoms with Gasteiger partial charge in [0.1, 0.15) is 23.9 Å². The Balaban J connectivity index is 1.36. The quantitative estimate of drug-likeness (QED) is 0.349. The third-order valence-corrected chi connectivity index (χ3v) is 7.24. The van der Waals surface area contributed by atoms with E-state index >= 15 is 0 Å². The molecule has 2 aromatic carbocycles. The van der Waals surface area contributed by atoms with Crippen LogP contribution in [-0.2, 0) is 20.7 Å². The second-order valence-corrected chi connectivity index (χ2v) is 9.66. The number of esters is 1. The monoisotopic (exact) mass is 516 g/mol. The third-order valence-electron chi connectivity index (χ3n) is 7.24. The maximum atomic E-state index is 12.6. The van der Waals surface area contributed by atoms with Crippen LogP contribution in [0, 0.1) is 0 Å². The Labute approximate surface area is 222 Å². The maximum Gasteiger partial charge on any atom is 0.407 e. The Morgan fingerprint density at radius 1 is 0.974 bits per heavy atom. The van der Waals surface area contributed by atoms with Gasteiger partial charge in [0.05, 0.1) is 0 Å². The van der Waals surface area contributed by atoms with Gasteiger partial charge in [-0.05, 0) is 53.6 Å². The summed E-state index contributed by atoms with van der Waals surface area (Å²) in [7, 11) is 0. The van der Waals surface area contributed by atoms with E-state index in [9.17, 15) is 19.5 Å². The van der Waals surface area contributed by atoms with Gasteiger partial charge >= 0.3 is 18.0 Å². The Hall–Kier alpha value is -4.20. The first-order valence-electron chi connectivity index (χ1n) is 12.8. The molecule has 38 heavy (non-hydrogen) atoms. The molecule has 1 aliphatic rings. The number of benzene rings is 2. The topological polar surface area (TPSA) is 115 Å². The number of alkyl carbamates (subject to hydrolysis) is 1. The van der Waals surface area contributed by atoms with Crippen LogP contribution in [0.5, 0.6) is 0 Å². The number of pyridine rings is 1. The fourth-order valence-corrected chi connectivity index (χ4v) is 4.55. The van der Waals surface area contributed by atoms with Crippen molar-refractivity contribution in [3.8, 4) is 11.1 Å². The van der Waals surface area contributed by atoms with Crippen molar-refractivity contribution < 1.29 is 29.0 Å². The minimum absolute atomic E-state index is 0.0243. The van der Waals surface area contributed by atoms with Gasteiger partial charge in [-0.15, -0.1) is 0 Å². The van der Waals surface area contributed by atoms with Gasteiger partial charge in [0, 0.05) is 18.5 Å². The molecule has 1 amide bonds. The molecule has 0 saturated heterocycles. The molecular formula is C30H32N2O6. The van der Waals surface area contributed by atoms with Gasteiger partial charge in [-0.2, -0.15) is 0 Å². The number of carboxylic acids is 1. The summed E-state index contributed by atoms with van der Waals surface area (Å²) in [4.78, 5) is 41.0. The molecule has 0 fully saturated rings. The molecule has 8 nitrogen and oxygen atoms in total. The van der Waals surface area contributed by atoms with Crippen LogP contribution in [0.4, 0.5) is 4.79 Å². The summed E-state index contributed by atoms with van der Waals surface area (Å²) in [5, 5.41) is 12.1. The molecule has 0 spiro atoms. The molecular weight excluding hydrogens is 484 g/mol. The predicted molar refractivity (Wildman–Crippen MR) is 142 cm³/mol. The first kappa shape index (κ1) is 26.9. The molecule has 4 rings (SSSR count). The number of nitrogens with one attached hydrogen (secondary N) is 1. The number of fused-ring (bicyclic) bond motifs is 3. The molecule has 0 unspecified atom stereocenters. The summed E-state index contributed by atoms with van der Waals surface area (Å²) in [6.07, 6.45) is 1.93. The molecule has 3 aromatic rings. The lowest BCUT2D eigenvalue weighted by atomic mass is 9.98. The molecule has 0 saturated carbocycles. The fourth-order valence-electron chi connectivity index (χ4n) is 4.55. The van der Waals surface area contributed by atoms with Gasteiger partial charge in [-0.1, -0.05) is 68.4 Å². The SMILES string of the molecule is CCC(C)(CC)OC(=O)c1ccc(C[C@H](NC(=O)OCC2c3ccccc3-c3ccccc32)C(=O)O)cn1. The first-order chi connectivity index (χ1) is 18.2. The molecule has 8 heteroatoms. The largest absolute Gasteiger partial charge is 0.480 e. The molecule has 0 aliphatic heterocycles. The predicted octanol–water partition coefficient (Wildman–Crippen LogP) is 5.35. The van der Waals surface area contributed by atoms with Crippen molar-refractivity contribution in [1.82, 2.24) is 10.3 Å². The summed E-state index contributed by atoms with van der Waals surface area (Å²) < 4.78 is 11.1. The van der Waals surface area contributed by atoms with Crippen LogP contribution < -0.4 is 5.32 Å². The highest BCUT2D eigenvalue weighted by atomic mass is 16.6. The van der Waals surface area contributed by atoms with E-state index in [1.807, 2.05) is 69.3 Å². The highest BCUT2D eigenvalue weighted by molar-refractivity contribution is 5.87. The van der Waals surface area contributed by atoms with Crippen LogP contribution >= 0.6 is 0 Å². The summed E-state index contributed by atoms with van der Waals surface area (Å²) in [6, 6.07) is 17.8. The molecule has 0 bridgehead atoms. The van der Waals surface area contributed by atoms with Crippen molar-refractivity contribution >= 4 is 18.0 Å². The zero-order valence-electron chi connectivity index (χ0n) is 21.8. The zero-order chi connectivity index (χ0) is 27.3. The van der Waals surface area contributed by atoms with E-state index in [-0.39, 0.29) is 24.6 Å². The lowest BCUT2D eigenvalue weighted by Crippen LogP contribution is -2.43. The number of nitrogens with zero attached hydrogens (tertiary/aromatic N) is 1. The number of carbonyl (C=O) groups excluding carboxylic acids is 2. The average molecular weight is 517 g/mol. The van der Waals surface area contributed by atoms with E-state index in [0.29, 0.717) is 18.4 Å². The zero-order valence-corrected chi connectivity index (χ0v) is 21.8. The summed E-state index contributed by atoms with van der Waals surface area (Å²) in [5.41, 5.74) is 4.46. The molecule has 1 atom stereocenters. The van der Waals surface area contributed by atoms with Gasteiger partial charge in [-0.25, -0.2) is 19.4 Å². The van der Waals surface area contributed by atoms with Crippen LogP contribution in [-0.4, -0.2) is 46.4 Å². The number of amides is 1. The summed E-state index contributed by atoms with van der Waals surface area (Å²) >= 11 is 0. The van der Waals surface area contributed by atoms with Crippen molar-refractivity contribution in [3.05, 3.63) is 89.2 Å². The van der Waals surface area contributed by atoms with Gasteiger partial charge in [-0.3, -0.25) is 0 Å². The van der Waals surface area contributed by atoms with Gasteiger partial charge < -0.3 is 19.9 Å². The highest BCUT2D eigenvalue weighted by Crippen LogP contribution is 2.44. The lowest BCUT2D eigenvalue weighted by Gasteiger charge is -2.26. The minimum Gasteiger partial charge on any atom is -0.480 e. The second-order valence-electron chi connectivity index (χ2n) is 9.66. The Kier molecular flexibility index (Phi) is 8.10. The van der Waals surface area contributed by atoms with Crippen LogP contribution in [0.25, 0.3) is 11.1 Å². The Morgan fingerprint density at radius 2 is 1.58 bits per heavy atom. The van der Waals surface area contributed by atoms with E-state index < -0.39 is 29.7 Å². The normalized spacial score (nSPS) is 13.2. The van der Waals surface area contributed by atoms with E-state index in [4.69, 9.17) is 9.47 Å². The van der Waals surface area contributed by atoms with Crippen molar-refractivity contribution in [3.63, 3.8) is 0 Å². The molecule has 0 radical (unpaired) electrons. The minimum atomic E-state index is -1.23. The van der Waals surface area contributed by atoms with Crippen molar-refractivity contribution in [2.75, 3.05) is 6.61 Å². The average Bonchev–Trinajstić information content (AvgIpc) is 3.25. The third kappa shape index (κ3) is 5.85. The van der Waals surface area contributed by atoms with E-state index in [1.54, 1.807) is 6.07 Å². The number of carboxylic acid groups (broad SMARTS) is 1. The number of hydrogen-bond donors (Lipinski definition) is 2. The number of rotatable bonds is 10. The van der Waals surface area contributed by atoms with Crippen LogP contribution in [0.15, 0.2) is 66.9 Å².